The average molecular weight is 355 g/mol. The fourth-order valence-corrected chi connectivity index (χ4v) is 3.60. The van der Waals surface area contributed by atoms with E-state index >= 15 is 0 Å². The molecule has 1 N–H and O–H groups in total. The van der Waals surface area contributed by atoms with E-state index in [1.807, 2.05) is 13.0 Å². The number of unbranched alkanes of at least 4 members (excludes halogenated alkanes) is 7. The summed E-state index contributed by atoms with van der Waals surface area (Å²) in [4.78, 5) is -0.0128. The van der Waals surface area contributed by atoms with Gasteiger partial charge in [0.15, 0.2) is 0 Å². The second kappa shape index (κ2) is 10.9. The normalized spacial score (nSPS) is 12.0. The van der Waals surface area contributed by atoms with Crippen LogP contribution in [0.4, 0.5) is 0 Å². The standard InChI is InChI=1S/C20H34O3S/c1-17(2)12-10-8-6-4-5-7-9-11-13-19-14-15-20(16-18(19)3)24(21,22)23/h14-17H,4-13H2,1-3H3,(H,21,22,23). The van der Waals surface area contributed by atoms with E-state index in [0.717, 1.165) is 24.3 Å². The molecule has 0 atom stereocenters. The van der Waals surface area contributed by atoms with Gasteiger partial charge in [-0.05, 0) is 48.9 Å². The summed E-state index contributed by atoms with van der Waals surface area (Å²) in [5.41, 5.74) is 2.12. The predicted molar refractivity (Wildman–Crippen MR) is 101 cm³/mol. The first-order chi connectivity index (χ1) is 11.3. The van der Waals surface area contributed by atoms with Crippen molar-refractivity contribution in [2.75, 3.05) is 0 Å². The Bertz CT molecular complexity index is 577. The number of hydrogen-bond acceptors (Lipinski definition) is 2. The SMILES string of the molecule is Cc1cc(S(=O)(=O)O)ccc1CCCCCCCCCCC(C)C. The molecule has 1 rings (SSSR count). The summed E-state index contributed by atoms with van der Waals surface area (Å²) in [5.74, 6) is 0.833. The summed E-state index contributed by atoms with van der Waals surface area (Å²) in [7, 11) is -4.09. The molecule has 1 aromatic rings. The third-order valence-electron chi connectivity index (χ3n) is 4.59. The molecule has 0 heterocycles. The zero-order valence-corrected chi connectivity index (χ0v) is 16.4. The number of benzene rings is 1. The lowest BCUT2D eigenvalue weighted by Gasteiger charge is -2.08. The maximum atomic E-state index is 11.1. The molecule has 1 aromatic carbocycles. The summed E-state index contributed by atoms with van der Waals surface area (Å²) in [6.45, 7) is 6.48. The van der Waals surface area contributed by atoms with E-state index < -0.39 is 10.1 Å². The van der Waals surface area contributed by atoms with Gasteiger partial charge in [-0.15, -0.1) is 0 Å². The van der Waals surface area contributed by atoms with E-state index in [0.29, 0.717) is 0 Å². The molecule has 0 aliphatic carbocycles. The molecule has 0 radical (unpaired) electrons. The highest BCUT2D eigenvalue weighted by atomic mass is 32.2. The van der Waals surface area contributed by atoms with Gasteiger partial charge in [0.25, 0.3) is 10.1 Å². The molecule has 0 aliphatic rings. The Morgan fingerprint density at radius 2 is 1.46 bits per heavy atom. The van der Waals surface area contributed by atoms with Gasteiger partial charge in [0.05, 0.1) is 4.90 Å². The number of rotatable bonds is 12. The summed E-state index contributed by atoms with van der Waals surface area (Å²) in [6.07, 6.45) is 12.8. The number of hydrogen-bond donors (Lipinski definition) is 1. The minimum atomic E-state index is -4.09. The van der Waals surface area contributed by atoms with Crippen molar-refractivity contribution in [2.45, 2.75) is 89.9 Å². The molecular formula is C20H34O3S. The second-order valence-electron chi connectivity index (χ2n) is 7.32. The average Bonchev–Trinajstić information content (AvgIpc) is 2.49. The molecule has 4 heteroatoms. The molecule has 0 bridgehead atoms. The Balaban J connectivity index is 2.13. The van der Waals surface area contributed by atoms with E-state index in [4.69, 9.17) is 4.55 Å². The zero-order valence-electron chi connectivity index (χ0n) is 15.6. The highest BCUT2D eigenvalue weighted by molar-refractivity contribution is 7.85. The summed E-state index contributed by atoms with van der Waals surface area (Å²) in [5, 5.41) is 0. The molecule has 0 saturated heterocycles. The lowest BCUT2D eigenvalue weighted by Crippen LogP contribution is -2.00. The van der Waals surface area contributed by atoms with Crippen molar-refractivity contribution in [2.24, 2.45) is 5.92 Å². The molecule has 0 aliphatic heterocycles. The van der Waals surface area contributed by atoms with Crippen LogP contribution in [-0.4, -0.2) is 13.0 Å². The van der Waals surface area contributed by atoms with E-state index in [1.54, 1.807) is 6.07 Å². The topological polar surface area (TPSA) is 54.4 Å². The molecule has 0 unspecified atom stereocenters. The third kappa shape index (κ3) is 8.84. The van der Waals surface area contributed by atoms with Crippen LogP contribution in [-0.2, 0) is 16.5 Å². The van der Waals surface area contributed by atoms with Crippen molar-refractivity contribution in [1.29, 1.82) is 0 Å². The van der Waals surface area contributed by atoms with Gasteiger partial charge in [-0.3, -0.25) is 4.55 Å². The number of aryl methyl sites for hydroxylation is 2. The molecule has 0 saturated carbocycles. The van der Waals surface area contributed by atoms with Crippen molar-refractivity contribution < 1.29 is 13.0 Å². The van der Waals surface area contributed by atoms with Crippen molar-refractivity contribution >= 4 is 10.1 Å². The van der Waals surface area contributed by atoms with Crippen LogP contribution < -0.4 is 0 Å². The molecule has 138 valence electrons. The molecule has 0 fully saturated rings. The van der Waals surface area contributed by atoms with Crippen LogP contribution in [0.15, 0.2) is 23.1 Å². The lowest BCUT2D eigenvalue weighted by atomic mass is 10.0. The summed E-state index contributed by atoms with van der Waals surface area (Å²) >= 11 is 0. The summed E-state index contributed by atoms with van der Waals surface area (Å²) < 4.78 is 31.3. The first kappa shape index (κ1) is 21.2. The highest BCUT2D eigenvalue weighted by Gasteiger charge is 2.10. The second-order valence-corrected chi connectivity index (χ2v) is 8.75. The third-order valence-corrected chi connectivity index (χ3v) is 5.44. The molecule has 0 amide bonds. The van der Waals surface area contributed by atoms with Gasteiger partial charge in [0, 0.05) is 0 Å². The van der Waals surface area contributed by atoms with Crippen LogP contribution in [0, 0.1) is 12.8 Å². The first-order valence-corrected chi connectivity index (χ1v) is 10.8. The van der Waals surface area contributed by atoms with E-state index in [2.05, 4.69) is 13.8 Å². The van der Waals surface area contributed by atoms with Crippen molar-refractivity contribution in [3.05, 3.63) is 29.3 Å². The minimum absolute atomic E-state index is 0.0128. The molecule has 24 heavy (non-hydrogen) atoms. The van der Waals surface area contributed by atoms with Gasteiger partial charge < -0.3 is 0 Å². The molecule has 0 spiro atoms. The Labute approximate surface area is 148 Å². The van der Waals surface area contributed by atoms with Gasteiger partial charge in [0.2, 0.25) is 0 Å². The van der Waals surface area contributed by atoms with Crippen LogP contribution >= 0.6 is 0 Å². The fraction of sp³-hybridized carbons (Fsp3) is 0.700. The highest BCUT2D eigenvalue weighted by Crippen LogP contribution is 2.18. The maximum absolute atomic E-state index is 11.1. The van der Waals surface area contributed by atoms with Crippen LogP contribution in [0.2, 0.25) is 0 Å². The molecule has 3 nitrogen and oxygen atoms in total. The van der Waals surface area contributed by atoms with Gasteiger partial charge in [-0.25, -0.2) is 0 Å². The maximum Gasteiger partial charge on any atom is 0.294 e. The zero-order chi connectivity index (χ0) is 18.0. The monoisotopic (exact) mass is 354 g/mol. The van der Waals surface area contributed by atoms with Gasteiger partial charge in [-0.2, -0.15) is 8.42 Å². The van der Waals surface area contributed by atoms with Gasteiger partial charge in [-0.1, -0.05) is 71.3 Å². The first-order valence-electron chi connectivity index (χ1n) is 9.37. The quantitative estimate of drug-likeness (QED) is 0.372. The van der Waals surface area contributed by atoms with Crippen molar-refractivity contribution in [3.63, 3.8) is 0 Å². The largest absolute Gasteiger partial charge is 0.294 e. The Hall–Kier alpha value is -0.870. The Morgan fingerprint density at radius 3 is 1.96 bits per heavy atom. The summed E-state index contributed by atoms with van der Waals surface area (Å²) in [6, 6.07) is 4.88. The minimum Gasteiger partial charge on any atom is -0.282 e. The van der Waals surface area contributed by atoms with Gasteiger partial charge >= 0.3 is 0 Å². The predicted octanol–water partition coefficient (Wildman–Crippen LogP) is 5.95. The van der Waals surface area contributed by atoms with Crippen LogP contribution in [0.25, 0.3) is 0 Å². The van der Waals surface area contributed by atoms with Crippen molar-refractivity contribution in [1.82, 2.24) is 0 Å². The lowest BCUT2D eigenvalue weighted by molar-refractivity contribution is 0.483. The van der Waals surface area contributed by atoms with Crippen molar-refractivity contribution in [3.8, 4) is 0 Å². The van der Waals surface area contributed by atoms with E-state index in [-0.39, 0.29) is 4.90 Å². The van der Waals surface area contributed by atoms with Crippen LogP contribution in [0.1, 0.15) is 82.8 Å². The van der Waals surface area contributed by atoms with Gasteiger partial charge in [0.1, 0.15) is 0 Å². The Morgan fingerprint density at radius 1 is 0.917 bits per heavy atom. The molecule has 0 aromatic heterocycles. The Kier molecular flexibility index (Phi) is 9.60. The van der Waals surface area contributed by atoms with Crippen LogP contribution in [0.5, 0.6) is 0 Å². The fourth-order valence-electron chi connectivity index (χ4n) is 3.04. The van der Waals surface area contributed by atoms with Crippen LogP contribution in [0.3, 0.4) is 0 Å². The smallest absolute Gasteiger partial charge is 0.282 e. The van der Waals surface area contributed by atoms with E-state index in [1.165, 1.54) is 63.0 Å². The van der Waals surface area contributed by atoms with E-state index in [9.17, 15) is 8.42 Å². The molecular weight excluding hydrogens is 320 g/mol.